The first kappa shape index (κ1) is 18.8. The fourth-order valence-electron chi connectivity index (χ4n) is 2.68. The lowest BCUT2D eigenvalue weighted by Gasteiger charge is -2.07. The highest BCUT2D eigenvalue weighted by Crippen LogP contribution is 2.19. The molecule has 0 aromatic carbocycles. The minimum Gasteiger partial charge on any atom is -0.451 e. The number of ether oxygens (including phenoxy) is 1. The van der Waals surface area contributed by atoms with Crippen LogP contribution in [0.25, 0.3) is 17.2 Å². The molecule has 146 valence electrons. The Morgan fingerprint density at radius 2 is 2.10 bits per heavy atom. The number of hydrogen-bond acceptors (Lipinski definition) is 8. The summed E-state index contributed by atoms with van der Waals surface area (Å²) in [6, 6.07) is 8.71. The van der Waals surface area contributed by atoms with Gasteiger partial charge in [0, 0.05) is 23.7 Å². The molecule has 0 spiro atoms. The Balaban J connectivity index is 1.50. The van der Waals surface area contributed by atoms with Crippen molar-refractivity contribution in [3.05, 3.63) is 70.7 Å². The summed E-state index contributed by atoms with van der Waals surface area (Å²) in [5.74, 6) is 0.248. The van der Waals surface area contributed by atoms with Crippen molar-refractivity contribution in [2.75, 3.05) is 0 Å². The lowest BCUT2D eigenvalue weighted by atomic mass is 10.3. The van der Waals surface area contributed by atoms with Crippen LogP contribution in [0.4, 0.5) is 0 Å². The van der Waals surface area contributed by atoms with Crippen LogP contribution < -0.4 is 0 Å². The summed E-state index contributed by atoms with van der Waals surface area (Å²) in [6.07, 6.45) is 3.25. The van der Waals surface area contributed by atoms with E-state index >= 15 is 0 Å². The highest BCUT2D eigenvalue weighted by molar-refractivity contribution is 6.33. The third-order valence-electron chi connectivity index (χ3n) is 3.97. The molecule has 4 rings (SSSR count). The van der Waals surface area contributed by atoms with Gasteiger partial charge in [0.05, 0.1) is 10.7 Å². The van der Waals surface area contributed by atoms with E-state index in [9.17, 15) is 4.79 Å². The third kappa shape index (κ3) is 3.99. The number of carbonyl (C=O) groups is 1. The van der Waals surface area contributed by atoms with Crippen molar-refractivity contribution in [3.63, 3.8) is 0 Å². The Morgan fingerprint density at radius 1 is 1.24 bits per heavy atom. The van der Waals surface area contributed by atoms with Gasteiger partial charge in [-0.15, -0.1) is 0 Å². The Bertz CT molecular complexity index is 1170. The number of halogens is 1. The van der Waals surface area contributed by atoms with E-state index < -0.39 is 5.97 Å². The Labute approximate surface area is 170 Å². The molecule has 0 radical (unpaired) electrons. The molecule has 0 bridgehead atoms. The topological polar surface area (TPSA) is 109 Å². The van der Waals surface area contributed by atoms with Crippen LogP contribution in [0.3, 0.4) is 0 Å². The molecule has 0 aliphatic heterocycles. The maximum absolute atomic E-state index is 12.5. The molecule has 0 saturated heterocycles. The molecule has 0 atom stereocenters. The highest BCUT2D eigenvalue weighted by Gasteiger charge is 2.18. The predicted molar refractivity (Wildman–Crippen MR) is 102 cm³/mol. The number of hydrogen-bond donors (Lipinski definition) is 0. The molecule has 10 heteroatoms. The van der Waals surface area contributed by atoms with Gasteiger partial charge in [-0.1, -0.05) is 16.8 Å². The molecule has 29 heavy (non-hydrogen) atoms. The number of pyridine rings is 2. The van der Waals surface area contributed by atoms with E-state index in [0.717, 1.165) is 11.4 Å². The van der Waals surface area contributed by atoms with Gasteiger partial charge in [-0.2, -0.15) is 10.1 Å². The summed E-state index contributed by atoms with van der Waals surface area (Å²) < 4.78 is 12.0. The fourth-order valence-corrected chi connectivity index (χ4v) is 2.86. The van der Waals surface area contributed by atoms with Gasteiger partial charge in [-0.25, -0.2) is 14.5 Å². The van der Waals surface area contributed by atoms with Crippen molar-refractivity contribution < 1.29 is 14.1 Å². The third-order valence-corrected chi connectivity index (χ3v) is 4.27. The predicted octanol–water partition coefficient (Wildman–Crippen LogP) is 3.34. The second kappa shape index (κ2) is 7.80. The van der Waals surface area contributed by atoms with E-state index in [-0.39, 0.29) is 23.2 Å². The van der Waals surface area contributed by atoms with Crippen molar-refractivity contribution in [1.82, 2.24) is 29.9 Å². The molecule has 0 saturated carbocycles. The van der Waals surface area contributed by atoms with Gasteiger partial charge >= 0.3 is 5.97 Å². The lowest BCUT2D eigenvalue weighted by Crippen LogP contribution is -2.11. The molecule has 4 aromatic rings. The van der Waals surface area contributed by atoms with E-state index in [1.54, 1.807) is 41.3 Å². The van der Waals surface area contributed by atoms with Gasteiger partial charge in [0.15, 0.2) is 18.1 Å². The quantitative estimate of drug-likeness (QED) is 0.461. The second-order valence-corrected chi connectivity index (χ2v) is 6.58. The van der Waals surface area contributed by atoms with Crippen LogP contribution in [-0.4, -0.2) is 35.9 Å². The van der Waals surface area contributed by atoms with E-state index in [1.165, 1.54) is 0 Å². The van der Waals surface area contributed by atoms with Crippen LogP contribution >= 0.6 is 11.6 Å². The van der Waals surface area contributed by atoms with Gasteiger partial charge in [-0.05, 0) is 44.2 Å². The largest absolute Gasteiger partial charge is 0.451 e. The van der Waals surface area contributed by atoms with Gasteiger partial charge in [0.2, 0.25) is 5.82 Å². The average molecular weight is 411 g/mol. The van der Waals surface area contributed by atoms with E-state index in [0.29, 0.717) is 17.2 Å². The zero-order chi connectivity index (χ0) is 20.4. The van der Waals surface area contributed by atoms with Crippen LogP contribution in [-0.2, 0) is 11.3 Å². The van der Waals surface area contributed by atoms with Crippen LogP contribution in [0, 0.1) is 13.8 Å². The van der Waals surface area contributed by atoms with E-state index in [1.807, 2.05) is 19.9 Å². The van der Waals surface area contributed by atoms with E-state index in [2.05, 4.69) is 25.2 Å². The summed E-state index contributed by atoms with van der Waals surface area (Å²) in [5.41, 5.74) is 2.38. The molecule has 0 amide bonds. The van der Waals surface area contributed by atoms with Crippen molar-refractivity contribution in [1.29, 1.82) is 0 Å². The molecule has 0 unspecified atom stereocenters. The van der Waals surface area contributed by atoms with Crippen molar-refractivity contribution in [2.24, 2.45) is 0 Å². The maximum Gasteiger partial charge on any atom is 0.359 e. The Kier molecular flexibility index (Phi) is 5.05. The van der Waals surface area contributed by atoms with Gasteiger partial charge in [0.1, 0.15) is 0 Å². The SMILES string of the molecule is Cc1cc(C)n(-c2ccc(Cl)c(C(=O)OCc3nc(-c4cccnc4)no3)n2)n1. The molecular formula is C19H15ClN6O3. The molecule has 0 aliphatic rings. The molecule has 0 fully saturated rings. The lowest BCUT2D eigenvalue weighted by molar-refractivity contribution is 0.0423. The van der Waals surface area contributed by atoms with Gasteiger partial charge in [0.25, 0.3) is 5.89 Å². The first-order valence-corrected chi connectivity index (χ1v) is 8.99. The Hall–Kier alpha value is -3.59. The summed E-state index contributed by atoms with van der Waals surface area (Å²) in [5, 5.41) is 8.37. The number of carbonyl (C=O) groups excluding carboxylic acids is 1. The van der Waals surface area contributed by atoms with Crippen molar-refractivity contribution in [3.8, 4) is 17.2 Å². The van der Waals surface area contributed by atoms with Gasteiger partial charge < -0.3 is 9.26 Å². The first-order valence-electron chi connectivity index (χ1n) is 8.61. The fraction of sp³-hybridized carbons (Fsp3) is 0.158. The van der Waals surface area contributed by atoms with Crippen molar-refractivity contribution in [2.45, 2.75) is 20.5 Å². The molecule has 4 aromatic heterocycles. The number of aromatic nitrogens is 6. The maximum atomic E-state index is 12.5. The van der Waals surface area contributed by atoms with E-state index in [4.69, 9.17) is 20.9 Å². The minimum absolute atomic E-state index is 0.0243. The van der Waals surface area contributed by atoms with Crippen LogP contribution in [0.15, 0.2) is 47.2 Å². The Morgan fingerprint density at radius 3 is 2.83 bits per heavy atom. The normalized spacial score (nSPS) is 10.9. The van der Waals surface area contributed by atoms with Crippen LogP contribution in [0.1, 0.15) is 27.8 Å². The van der Waals surface area contributed by atoms with Gasteiger partial charge in [-0.3, -0.25) is 4.98 Å². The smallest absolute Gasteiger partial charge is 0.359 e. The molecular weight excluding hydrogens is 396 g/mol. The highest BCUT2D eigenvalue weighted by atomic mass is 35.5. The van der Waals surface area contributed by atoms with Crippen molar-refractivity contribution >= 4 is 17.6 Å². The zero-order valence-electron chi connectivity index (χ0n) is 15.5. The number of esters is 1. The molecule has 9 nitrogen and oxygen atoms in total. The first-order chi connectivity index (χ1) is 14.0. The number of nitrogens with zero attached hydrogens (tertiary/aromatic N) is 6. The molecule has 0 N–H and O–H groups in total. The van der Waals surface area contributed by atoms with Crippen LogP contribution in [0.2, 0.25) is 5.02 Å². The minimum atomic E-state index is -0.709. The van der Waals surface area contributed by atoms with Crippen LogP contribution in [0.5, 0.6) is 0 Å². The molecule has 4 heterocycles. The monoisotopic (exact) mass is 410 g/mol. The summed E-state index contributed by atoms with van der Waals surface area (Å²) in [4.78, 5) is 25.0. The number of rotatable bonds is 5. The summed E-state index contributed by atoms with van der Waals surface area (Å²) in [6.45, 7) is 3.55. The summed E-state index contributed by atoms with van der Waals surface area (Å²) in [7, 11) is 0. The second-order valence-electron chi connectivity index (χ2n) is 6.17. The summed E-state index contributed by atoms with van der Waals surface area (Å²) >= 11 is 6.14. The average Bonchev–Trinajstić information content (AvgIpc) is 3.33. The number of aryl methyl sites for hydroxylation is 2. The molecule has 0 aliphatic carbocycles. The standard InChI is InChI=1S/C19H15ClN6O3/c1-11-8-12(2)26(24-11)15-6-5-14(20)17(22-15)19(27)28-10-16-23-18(25-29-16)13-4-3-7-21-9-13/h3-9H,10H2,1-2H3. The zero-order valence-corrected chi connectivity index (χ0v) is 16.3.